The summed E-state index contributed by atoms with van der Waals surface area (Å²) in [4.78, 5) is 2.46. The van der Waals surface area contributed by atoms with Crippen molar-refractivity contribution in [2.24, 2.45) is 0 Å². The lowest BCUT2D eigenvalue weighted by atomic mass is 9.94. The zero-order chi connectivity index (χ0) is 12.4. The number of nitrogens with zero attached hydrogens (tertiary/aromatic N) is 2. The fourth-order valence-electron chi connectivity index (χ4n) is 2.78. The summed E-state index contributed by atoms with van der Waals surface area (Å²) in [5.74, 6) is 0. The lowest BCUT2D eigenvalue weighted by Gasteiger charge is -2.43. The highest BCUT2D eigenvalue weighted by Crippen LogP contribution is 2.28. The summed E-state index contributed by atoms with van der Waals surface area (Å²) in [6, 6.07) is 13.4. The molecule has 2 aliphatic heterocycles. The molecule has 18 heavy (non-hydrogen) atoms. The Balaban J connectivity index is 1.81. The number of hydrogen-bond acceptors (Lipinski definition) is 3. The van der Waals surface area contributed by atoms with Gasteiger partial charge in [-0.05, 0) is 12.0 Å². The van der Waals surface area contributed by atoms with Crippen LogP contribution in [0.25, 0.3) is 0 Å². The predicted molar refractivity (Wildman–Crippen MR) is 68.7 cm³/mol. The Bertz CT molecular complexity index is 489. The Morgan fingerprint density at radius 2 is 2.11 bits per heavy atom. The van der Waals surface area contributed by atoms with Crippen LogP contribution in [0.5, 0.6) is 0 Å². The Hall–Kier alpha value is -1.63. The van der Waals surface area contributed by atoms with Gasteiger partial charge in [-0.25, -0.2) is 0 Å². The maximum absolute atomic E-state index is 9.04. The molecule has 1 aromatic carbocycles. The molecule has 1 aromatic rings. The van der Waals surface area contributed by atoms with Gasteiger partial charge in [0.15, 0.2) is 0 Å². The average molecular weight is 240 g/mol. The van der Waals surface area contributed by atoms with Crippen LogP contribution in [-0.4, -0.2) is 30.2 Å². The van der Waals surface area contributed by atoms with E-state index in [9.17, 15) is 0 Å². The number of hydrogen-bond donors (Lipinski definition) is 0. The van der Waals surface area contributed by atoms with Gasteiger partial charge >= 0.3 is 0 Å². The van der Waals surface area contributed by atoms with E-state index in [1.54, 1.807) is 0 Å². The van der Waals surface area contributed by atoms with Crippen LogP contribution in [-0.2, 0) is 11.3 Å². The maximum Gasteiger partial charge on any atom is 0.0944 e. The molecule has 3 heteroatoms. The van der Waals surface area contributed by atoms with Gasteiger partial charge in [-0.15, -0.1) is 0 Å². The average Bonchev–Trinajstić information content (AvgIpc) is 2.39. The van der Waals surface area contributed by atoms with E-state index in [4.69, 9.17) is 10.00 Å². The lowest BCUT2D eigenvalue weighted by molar-refractivity contribution is -0.0431. The molecule has 0 radical (unpaired) electrons. The van der Waals surface area contributed by atoms with E-state index < -0.39 is 0 Å². The fourth-order valence-corrected chi connectivity index (χ4v) is 2.78. The van der Waals surface area contributed by atoms with E-state index >= 15 is 0 Å². The van der Waals surface area contributed by atoms with Crippen molar-refractivity contribution in [3.8, 4) is 6.07 Å². The minimum Gasteiger partial charge on any atom is -0.378 e. The van der Waals surface area contributed by atoms with Crippen LogP contribution < -0.4 is 0 Å². The van der Waals surface area contributed by atoms with Crippen LogP contribution >= 0.6 is 0 Å². The third-order valence-corrected chi connectivity index (χ3v) is 3.69. The Morgan fingerprint density at radius 1 is 1.28 bits per heavy atom. The van der Waals surface area contributed by atoms with E-state index in [0.29, 0.717) is 12.6 Å². The van der Waals surface area contributed by atoms with Gasteiger partial charge in [0.25, 0.3) is 0 Å². The van der Waals surface area contributed by atoms with E-state index in [1.807, 2.05) is 6.07 Å². The molecule has 0 amide bonds. The monoisotopic (exact) mass is 240 g/mol. The maximum atomic E-state index is 9.04. The summed E-state index contributed by atoms with van der Waals surface area (Å²) in [5, 5.41) is 9.04. The standard InChI is InChI=1S/C15H16N2O/c16-8-13-6-14-10-18-11-15(7-13)17(14)9-12-4-2-1-3-5-12/h1-6,14-15H,7,9-11H2. The van der Waals surface area contributed by atoms with Crippen LogP contribution in [0.4, 0.5) is 0 Å². The third kappa shape index (κ3) is 2.17. The summed E-state index contributed by atoms with van der Waals surface area (Å²) in [7, 11) is 0. The summed E-state index contributed by atoms with van der Waals surface area (Å²) in [6.07, 6.45) is 2.89. The summed E-state index contributed by atoms with van der Waals surface area (Å²) >= 11 is 0. The molecule has 3 rings (SSSR count). The smallest absolute Gasteiger partial charge is 0.0944 e. The molecular formula is C15H16N2O. The van der Waals surface area contributed by atoms with Gasteiger partial charge in [0, 0.05) is 18.2 Å². The second kappa shape index (κ2) is 4.93. The highest BCUT2D eigenvalue weighted by Gasteiger charge is 2.34. The molecule has 1 fully saturated rings. The summed E-state index contributed by atoms with van der Waals surface area (Å²) in [6.45, 7) is 2.38. The van der Waals surface area contributed by atoms with Crippen molar-refractivity contribution in [3.63, 3.8) is 0 Å². The third-order valence-electron chi connectivity index (χ3n) is 3.69. The zero-order valence-electron chi connectivity index (χ0n) is 10.2. The van der Waals surface area contributed by atoms with Crippen LogP contribution in [0.3, 0.4) is 0 Å². The molecule has 2 aliphatic rings. The second-order valence-electron chi connectivity index (χ2n) is 4.92. The molecule has 0 aromatic heterocycles. The van der Waals surface area contributed by atoms with Crippen molar-refractivity contribution in [2.75, 3.05) is 13.2 Å². The summed E-state index contributed by atoms with van der Waals surface area (Å²) in [5.41, 5.74) is 2.24. The molecule has 0 N–H and O–H groups in total. The van der Waals surface area contributed by atoms with E-state index in [2.05, 4.69) is 41.3 Å². The van der Waals surface area contributed by atoms with Gasteiger partial charge in [-0.1, -0.05) is 36.4 Å². The zero-order valence-corrected chi connectivity index (χ0v) is 10.2. The second-order valence-corrected chi connectivity index (χ2v) is 4.92. The van der Waals surface area contributed by atoms with Gasteiger partial charge in [0.05, 0.1) is 25.3 Å². The molecule has 2 heterocycles. The van der Waals surface area contributed by atoms with Gasteiger partial charge in [0.2, 0.25) is 0 Å². The highest BCUT2D eigenvalue weighted by atomic mass is 16.5. The van der Waals surface area contributed by atoms with E-state index in [-0.39, 0.29) is 6.04 Å². The molecular weight excluding hydrogens is 224 g/mol. The first-order valence-electron chi connectivity index (χ1n) is 6.35. The topological polar surface area (TPSA) is 36.3 Å². The van der Waals surface area contributed by atoms with Gasteiger partial charge in [0.1, 0.15) is 0 Å². The van der Waals surface area contributed by atoms with Crippen LogP contribution in [0, 0.1) is 11.3 Å². The van der Waals surface area contributed by atoms with Gasteiger partial charge in [-0.2, -0.15) is 5.26 Å². The van der Waals surface area contributed by atoms with Crippen molar-refractivity contribution >= 4 is 0 Å². The van der Waals surface area contributed by atoms with E-state index in [0.717, 1.165) is 25.1 Å². The highest BCUT2D eigenvalue weighted by molar-refractivity contribution is 5.28. The number of benzene rings is 1. The predicted octanol–water partition coefficient (Wildman–Crippen LogP) is 2.11. The molecule has 0 saturated carbocycles. The van der Waals surface area contributed by atoms with E-state index in [1.165, 1.54) is 5.56 Å². The lowest BCUT2D eigenvalue weighted by Crippen LogP contribution is -2.53. The Kier molecular flexibility index (Phi) is 3.14. The molecule has 2 bridgehead atoms. The first-order valence-corrected chi connectivity index (χ1v) is 6.35. The quantitative estimate of drug-likeness (QED) is 0.794. The largest absolute Gasteiger partial charge is 0.378 e. The van der Waals surface area contributed by atoms with Crippen molar-refractivity contribution in [1.29, 1.82) is 5.26 Å². The minimum absolute atomic E-state index is 0.257. The molecule has 3 nitrogen and oxygen atoms in total. The van der Waals surface area contributed by atoms with Gasteiger partial charge in [-0.3, -0.25) is 4.90 Å². The Morgan fingerprint density at radius 3 is 2.83 bits per heavy atom. The van der Waals surface area contributed by atoms with Crippen molar-refractivity contribution < 1.29 is 4.74 Å². The molecule has 0 spiro atoms. The number of rotatable bonds is 2. The first kappa shape index (κ1) is 11.5. The first-order chi connectivity index (χ1) is 8.86. The number of nitriles is 1. The normalized spacial score (nSPS) is 27.4. The van der Waals surface area contributed by atoms with Crippen molar-refractivity contribution in [1.82, 2.24) is 4.90 Å². The van der Waals surface area contributed by atoms with Crippen LogP contribution in [0.2, 0.25) is 0 Å². The number of morpholine rings is 1. The van der Waals surface area contributed by atoms with Crippen LogP contribution in [0.1, 0.15) is 12.0 Å². The van der Waals surface area contributed by atoms with Gasteiger partial charge < -0.3 is 4.74 Å². The van der Waals surface area contributed by atoms with Crippen molar-refractivity contribution in [3.05, 3.63) is 47.5 Å². The molecule has 1 saturated heterocycles. The van der Waals surface area contributed by atoms with Crippen LogP contribution in [0.15, 0.2) is 42.0 Å². The molecule has 92 valence electrons. The number of fused-ring (bicyclic) bond motifs is 2. The summed E-state index contributed by atoms with van der Waals surface area (Å²) < 4.78 is 5.60. The number of ether oxygens (including phenoxy) is 1. The fraction of sp³-hybridized carbons (Fsp3) is 0.400. The van der Waals surface area contributed by atoms with Crippen molar-refractivity contribution in [2.45, 2.75) is 25.0 Å². The molecule has 0 aliphatic carbocycles. The molecule has 2 atom stereocenters. The SMILES string of the molecule is N#CC1=CC2COCC(C1)N2Cc1ccccc1. The Labute approximate surface area is 107 Å². The minimum atomic E-state index is 0.257. The molecule has 2 unspecified atom stereocenters.